The largest absolute Gasteiger partial charge is 0.484 e. The smallest absolute Gasteiger partial charge is 0.422 e. The van der Waals surface area contributed by atoms with E-state index in [2.05, 4.69) is 15.4 Å². The summed E-state index contributed by atoms with van der Waals surface area (Å²) in [4.78, 5) is 11.7. The van der Waals surface area contributed by atoms with Crippen molar-refractivity contribution in [3.63, 3.8) is 0 Å². The molecule has 3 N–H and O–H groups in total. The number of alkyl halides is 3. The van der Waals surface area contributed by atoms with Gasteiger partial charge in [-0.15, -0.1) is 0 Å². The molecule has 0 saturated carbocycles. The highest BCUT2D eigenvalue weighted by Gasteiger charge is 2.28. The van der Waals surface area contributed by atoms with Crippen LogP contribution in [0.5, 0.6) is 5.75 Å². The molecule has 2 amide bonds. The van der Waals surface area contributed by atoms with Crippen LogP contribution in [0.15, 0.2) is 24.3 Å². The maximum atomic E-state index is 12.1. The van der Waals surface area contributed by atoms with Crippen molar-refractivity contribution in [1.82, 2.24) is 5.32 Å². The predicted octanol–water partition coefficient (Wildman–Crippen LogP) is 2.77. The molecule has 1 rings (SSSR count). The number of nitrogens with one attached hydrogen (secondary N) is 2. The van der Waals surface area contributed by atoms with E-state index in [9.17, 15) is 18.0 Å². The molecule has 0 fully saturated rings. The zero-order valence-corrected chi connectivity index (χ0v) is 12.3. The number of carbonyl (C=O) groups is 1. The SMILES string of the molecule is CC(CO)C(C)NC(=O)Nc1cccc(OCC(F)(F)F)c1. The van der Waals surface area contributed by atoms with E-state index in [0.717, 1.165) is 0 Å². The van der Waals surface area contributed by atoms with Gasteiger partial charge in [0.05, 0.1) is 0 Å². The molecule has 8 heteroatoms. The zero-order valence-electron chi connectivity index (χ0n) is 12.3. The third-order valence-corrected chi connectivity index (χ3v) is 2.99. The predicted molar refractivity (Wildman–Crippen MR) is 75.9 cm³/mol. The van der Waals surface area contributed by atoms with Gasteiger partial charge in [0, 0.05) is 24.4 Å². The third-order valence-electron chi connectivity index (χ3n) is 2.99. The molecule has 0 aliphatic carbocycles. The number of urea groups is 1. The standard InChI is InChI=1S/C14H19F3N2O3/c1-9(7-20)10(2)18-13(21)19-11-4-3-5-12(6-11)22-8-14(15,16)17/h3-6,9-10,20H,7-8H2,1-2H3,(H2,18,19,21). The van der Waals surface area contributed by atoms with Crippen LogP contribution in [0.4, 0.5) is 23.7 Å². The molecule has 0 radical (unpaired) electrons. The molecule has 22 heavy (non-hydrogen) atoms. The van der Waals surface area contributed by atoms with Gasteiger partial charge < -0.3 is 20.5 Å². The fraction of sp³-hybridized carbons (Fsp3) is 0.500. The summed E-state index contributed by atoms with van der Waals surface area (Å²) in [6.45, 7) is 2.05. The number of amides is 2. The van der Waals surface area contributed by atoms with Crippen LogP contribution in [0, 0.1) is 5.92 Å². The van der Waals surface area contributed by atoms with Gasteiger partial charge >= 0.3 is 12.2 Å². The lowest BCUT2D eigenvalue weighted by Gasteiger charge is -2.19. The van der Waals surface area contributed by atoms with Gasteiger partial charge in [0.15, 0.2) is 6.61 Å². The molecule has 2 unspecified atom stereocenters. The monoisotopic (exact) mass is 320 g/mol. The number of carbonyl (C=O) groups excluding carboxylic acids is 1. The molecule has 0 heterocycles. The summed E-state index contributed by atoms with van der Waals surface area (Å²) in [7, 11) is 0. The van der Waals surface area contributed by atoms with Crippen LogP contribution >= 0.6 is 0 Å². The summed E-state index contributed by atoms with van der Waals surface area (Å²) in [5.41, 5.74) is 0.307. The number of aliphatic hydroxyl groups is 1. The van der Waals surface area contributed by atoms with Crippen LogP contribution in [0.3, 0.4) is 0 Å². The molecule has 0 aromatic heterocycles. The first-order chi connectivity index (χ1) is 10.2. The minimum absolute atomic E-state index is 0.00639. The van der Waals surface area contributed by atoms with Crippen molar-refractivity contribution < 1.29 is 27.8 Å². The molecule has 5 nitrogen and oxygen atoms in total. The lowest BCUT2D eigenvalue weighted by atomic mass is 10.1. The van der Waals surface area contributed by atoms with E-state index < -0.39 is 18.8 Å². The van der Waals surface area contributed by atoms with Gasteiger partial charge in [0.1, 0.15) is 5.75 Å². The van der Waals surface area contributed by atoms with Crippen LogP contribution < -0.4 is 15.4 Å². The Morgan fingerprint density at radius 3 is 2.64 bits per heavy atom. The normalized spacial score (nSPS) is 14.1. The lowest BCUT2D eigenvalue weighted by Crippen LogP contribution is -2.40. The van der Waals surface area contributed by atoms with E-state index in [4.69, 9.17) is 5.11 Å². The highest BCUT2D eigenvalue weighted by Crippen LogP contribution is 2.21. The lowest BCUT2D eigenvalue weighted by molar-refractivity contribution is -0.153. The first-order valence-corrected chi connectivity index (χ1v) is 6.69. The van der Waals surface area contributed by atoms with Gasteiger partial charge in [-0.1, -0.05) is 13.0 Å². The average Bonchev–Trinajstić information content (AvgIpc) is 2.43. The molecule has 1 aromatic carbocycles. The highest BCUT2D eigenvalue weighted by molar-refractivity contribution is 5.89. The Labute approximate surface area is 126 Å². The average molecular weight is 320 g/mol. The Balaban J connectivity index is 2.57. The number of hydrogen-bond acceptors (Lipinski definition) is 3. The molecular formula is C14H19F3N2O3. The second-order valence-corrected chi connectivity index (χ2v) is 4.98. The van der Waals surface area contributed by atoms with E-state index in [0.29, 0.717) is 5.69 Å². The van der Waals surface area contributed by atoms with Crippen LogP contribution in [0.1, 0.15) is 13.8 Å². The summed E-state index contributed by atoms with van der Waals surface area (Å²) >= 11 is 0. The first-order valence-electron chi connectivity index (χ1n) is 6.69. The minimum atomic E-state index is -4.42. The van der Waals surface area contributed by atoms with Crippen LogP contribution in [0.25, 0.3) is 0 Å². The zero-order chi connectivity index (χ0) is 16.8. The number of ether oxygens (including phenoxy) is 1. The van der Waals surface area contributed by atoms with Crippen molar-refractivity contribution in [3.05, 3.63) is 24.3 Å². The van der Waals surface area contributed by atoms with Crippen molar-refractivity contribution in [2.24, 2.45) is 5.92 Å². The molecule has 0 aliphatic heterocycles. The van der Waals surface area contributed by atoms with Gasteiger partial charge in [-0.2, -0.15) is 13.2 Å². The van der Waals surface area contributed by atoms with Crippen LogP contribution in [-0.2, 0) is 0 Å². The van der Waals surface area contributed by atoms with Crippen molar-refractivity contribution in [3.8, 4) is 5.75 Å². The van der Waals surface area contributed by atoms with E-state index in [-0.39, 0.29) is 24.3 Å². The van der Waals surface area contributed by atoms with Gasteiger partial charge in [-0.3, -0.25) is 0 Å². The Morgan fingerprint density at radius 1 is 1.36 bits per heavy atom. The third kappa shape index (κ3) is 6.66. The Kier molecular flexibility index (Phi) is 6.48. The molecule has 0 spiro atoms. The summed E-state index contributed by atoms with van der Waals surface area (Å²) in [5, 5.41) is 14.1. The van der Waals surface area contributed by atoms with E-state index in [1.807, 2.05) is 0 Å². The van der Waals surface area contributed by atoms with Gasteiger partial charge in [0.25, 0.3) is 0 Å². The second-order valence-electron chi connectivity index (χ2n) is 4.98. The Hall–Kier alpha value is -1.96. The summed E-state index contributed by atoms with van der Waals surface area (Å²) in [6, 6.07) is 4.90. The summed E-state index contributed by atoms with van der Waals surface area (Å²) < 4.78 is 40.8. The topological polar surface area (TPSA) is 70.6 Å². The number of hydrogen-bond donors (Lipinski definition) is 3. The number of rotatable bonds is 6. The molecule has 0 aliphatic rings. The molecule has 0 saturated heterocycles. The molecular weight excluding hydrogens is 301 g/mol. The number of anilines is 1. The molecule has 1 aromatic rings. The quantitative estimate of drug-likeness (QED) is 0.755. The van der Waals surface area contributed by atoms with Crippen LogP contribution in [0.2, 0.25) is 0 Å². The number of halogens is 3. The maximum absolute atomic E-state index is 12.1. The van der Waals surface area contributed by atoms with Gasteiger partial charge in [0.2, 0.25) is 0 Å². The fourth-order valence-electron chi connectivity index (χ4n) is 1.50. The molecule has 0 bridgehead atoms. The summed E-state index contributed by atoms with van der Waals surface area (Å²) in [5.74, 6) is -0.112. The molecule has 2 atom stereocenters. The number of aliphatic hydroxyl groups excluding tert-OH is 1. The van der Waals surface area contributed by atoms with Crippen molar-refractivity contribution >= 4 is 11.7 Å². The Bertz CT molecular complexity index is 494. The van der Waals surface area contributed by atoms with Crippen molar-refractivity contribution in [2.75, 3.05) is 18.5 Å². The maximum Gasteiger partial charge on any atom is 0.422 e. The Morgan fingerprint density at radius 2 is 2.05 bits per heavy atom. The first kappa shape index (κ1) is 18.1. The van der Waals surface area contributed by atoms with Crippen molar-refractivity contribution in [1.29, 1.82) is 0 Å². The fourth-order valence-corrected chi connectivity index (χ4v) is 1.50. The second kappa shape index (κ2) is 7.88. The van der Waals surface area contributed by atoms with Gasteiger partial charge in [-0.25, -0.2) is 4.79 Å². The molecule has 124 valence electrons. The van der Waals surface area contributed by atoms with Crippen LogP contribution in [-0.4, -0.2) is 36.6 Å². The number of benzene rings is 1. The van der Waals surface area contributed by atoms with E-state index in [1.54, 1.807) is 13.8 Å². The van der Waals surface area contributed by atoms with E-state index >= 15 is 0 Å². The van der Waals surface area contributed by atoms with E-state index in [1.165, 1.54) is 24.3 Å². The summed E-state index contributed by atoms with van der Waals surface area (Å²) in [6.07, 6.45) is -4.42. The minimum Gasteiger partial charge on any atom is -0.484 e. The highest BCUT2D eigenvalue weighted by atomic mass is 19.4. The van der Waals surface area contributed by atoms with Gasteiger partial charge in [-0.05, 0) is 25.0 Å². The van der Waals surface area contributed by atoms with Crippen molar-refractivity contribution in [2.45, 2.75) is 26.1 Å².